The van der Waals surface area contributed by atoms with E-state index in [9.17, 15) is 14.0 Å². The highest BCUT2D eigenvalue weighted by Gasteiger charge is 2.19. The van der Waals surface area contributed by atoms with Crippen molar-refractivity contribution < 1.29 is 23.8 Å². The van der Waals surface area contributed by atoms with Gasteiger partial charge in [0.15, 0.2) is 5.01 Å². The molecule has 4 aromatic rings. The molecule has 0 bridgehead atoms. The van der Waals surface area contributed by atoms with Crippen LogP contribution in [0.5, 0.6) is 5.75 Å². The Bertz CT molecular complexity index is 1270. The normalized spacial score (nSPS) is 12.1. The van der Waals surface area contributed by atoms with Gasteiger partial charge in [-0.05, 0) is 49.0 Å². The predicted octanol–water partition coefficient (Wildman–Crippen LogP) is 5.19. The number of aliphatic carboxylic acids is 1. The first-order valence-corrected chi connectivity index (χ1v) is 11.5. The second-order valence-electron chi connectivity index (χ2n) is 7.92. The molecule has 1 unspecified atom stereocenters. The Morgan fingerprint density at radius 2 is 1.85 bits per heavy atom. The Labute approximate surface area is 200 Å². The lowest BCUT2D eigenvalue weighted by Crippen LogP contribution is -2.28. The number of carboxylic acid groups (broad SMARTS) is 1. The number of carbonyl (C=O) groups is 2. The molecule has 1 atom stereocenters. The number of nitrogens with zero attached hydrogens (tertiary/aromatic N) is 2. The number of hydrogen-bond donors (Lipinski definition) is 1. The minimum absolute atomic E-state index is 0.0949. The highest BCUT2D eigenvalue weighted by Crippen LogP contribution is 2.28. The predicted molar refractivity (Wildman–Crippen MR) is 129 cm³/mol. The van der Waals surface area contributed by atoms with Crippen LogP contribution in [-0.2, 0) is 4.79 Å². The first kappa shape index (κ1) is 23.5. The molecule has 0 aliphatic heterocycles. The number of aromatic nitrogens is 1. The summed E-state index contributed by atoms with van der Waals surface area (Å²) in [6, 6.07) is 20.5. The lowest BCUT2D eigenvalue weighted by molar-refractivity contribution is -0.138. The minimum atomic E-state index is -0.914. The van der Waals surface area contributed by atoms with Crippen molar-refractivity contribution in [3.63, 3.8) is 0 Å². The molecule has 0 radical (unpaired) electrons. The lowest BCUT2D eigenvalue weighted by atomic mass is 10.1. The van der Waals surface area contributed by atoms with Crippen LogP contribution in [-0.4, -0.2) is 46.9 Å². The molecule has 0 spiro atoms. The monoisotopic (exact) mass is 478 g/mol. The van der Waals surface area contributed by atoms with Crippen LogP contribution in [0, 0.1) is 5.82 Å². The van der Waals surface area contributed by atoms with Crippen molar-refractivity contribution in [1.29, 1.82) is 0 Å². The molecule has 0 fully saturated rings. The number of benzene rings is 3. The zero-order valence-corrected chi connectivity index (χ0v) is 19.3. The first-order chi connectivity index (χ1) is 16.4. The van der Waals surface area contributed by atoms with Crippen molar-refractivity contribution in [3.05, 3.63) is 94.7 Å². The maximum atomic E-state index is 13.5. The van der Waals surface area contributed by atoms with Crippen molar-refractivity contribution in [2.45, 2.75) is 12.5 Å². The van der Waals surface area contributed by atoms with E-state index in [0.29, 0.717) is 29.3 Å². The number of thiazole rings is 1. The summed E-state index contributed by atoms with van der Waals surface area (Å²) in [5.74, 6) is -0.968. The van der Waals surface area contributed by atoms with Crippen molar-refractivity contribution in [1.82, 2.24) is 9.88 Å². The molecule has 0 aliphatic carbocycles. The highest BCUT2D eigenvalue weighted by molar-refractivity contribution is 7.20. The van der Waals surface area contributed by atoms with Crippen molar-refractivity contribution in [2.24, 2.45) is 0 Å². The molecule has 1 heterocycles. The van der Waals surface area contributed by atoms with Gasteiger partial charge in [0.1, 0.15) is 17.7 Å². The minimum Gasteiger partial charge on any atom is -0.486 e. The van der Waals surface area contributed by atoms with E-state index in [2.05, 4.69) is 4.98 Å². The van der Waals surface area contributed by atoms with Gasteiger partial charge >= 0.3 is 5.97 Å². The molecule has 174 valence electrons. The van der Waals surface area contributed by atoms with Crippen LogP contribution in [0.4, 0.5) is 4.39 Å². The fraction of sp³-hybridized carbons (Fsp3) is 0.192. The van der Waals surface area contributed by atoms with E-state index >= 15 is 0 Å². The van der Waals surface area contributed by atoms with Crippen LogP contribution in [0.25, 0.3) is 10.2 Å². The Balaban J connectivity index is 1.54. The highest BCUT2D eigenvalue weighted by atomic mass is 32.1. The van der Waals surface area contributed by atoms with Crippen LogP contribution >= 0.6 is 11.3 Å². The van der Waals surface area contributed by atoms with Crippen LogP contribution < -0.4 is 4.74 Å². The molecule has 34 heavy (non-hydrogen) atoms. The zero-order valence-electron chi connectivity index (χ0n) is 18.5. The van der Waals surface area contributed by atoms with Crippen LogP contribution in [0.15, 0.2) is 72.8 Å². The lowest BCUT2D eigenvalue weighted by Gasteiger charge is -2.23. The summed E-state index contributed by atoms with van der Waals surface area (Å²) in [5, 5.41) is 9.41. The molecule has 8 heteroatoms. The van der Waals surface area contributed by atoms with Gasteiger partial charge in [-0.1, -0.05) is 36.4 Å². The topological polar surface area (TPSA) is 79.7 Å². The van der Waals surface area contributed by atoms with Gasteiger partial charge in [-0.25, -0.2) is 9.37 Å². The van der Waals surface area contributed by atoms with Crippen molar-refractivity contribution in [3.8, 4) is 5.75 Å². The molecular formula is C26H23FN2O4S. The molecule has 1 aromatic heterocycles. The van der Waals surface area contributed by atoms with Gasteiger partial charge in [-0.2, -0.15) is 0 Å². The summed E-state index contributed by atoms with van der Waals surface area (Å²) in [7, 11) is 1.72. The summed E-state index contributed by atoms with van der Waals surface area (Å²) in [4.78, 5) is 30.2. The summed E-state index contributed by atoms with van der Waals surface area (Å²) in [6.07, 6.45) is 0.0236. The molecule has 0 saturated carbocycles. The smallest absolute Gasteiger partial charge is 0.317 e. The molecule has 0 saturated heterocycles. The second-order valence-corrected chi connectivity index (χ2v) is 8.95. The van der Waals surface area contributed by atoms with Gasteiger partial charge < -0.3 is 9.84 Å². The standard InChI is InChI=1S/C26H23FN2O4S/c1-29(16-24(30)31)14-13-22(17-9-11-19(27)12-10-17)33-20-6-4-5-18(15-20)25(32)26-28-21-7-2-3-8-23(21)34-26/h2-12,15,22H,13-14,16H2,1H3,(H,30,31). The maximum Gasteiger partial charge on any atom is 0.317 e. The molecule has 1 N–H and O–H groups in total. The van der Waals surface area contributed by atoms with E-state index in [0.717, 1.165) is 15.8 Å². The second kappa shape index (κ2) is 10.5. The molecule has 6 nitrogen and oxygen atoms in total. The maximum absolute atomic E-state index is 13.5. The number of fused-ring (bicyclic) bond motifs is 1. The number of ketones is 1. The Kier molecular flexibility index (Phi) is 7.30. The van der Waals surface area contributed by atoms with Gasteiger partial charge in [-0.3, -0.25) is 14.5 Å². The third-order valence-electron chi connectivity index (χ3n) is 5.28. The first-order valence-electron chi connectivity index (χ1n) is 10.7. The third-order valence-corrected chi connectivity index (χ3v) is 6.32. The molecule has 3 aromatic carbocycles. The van der Waals surface area contributed by atoms with E-state index in [4.69, 9.17) is 9.84 Å². The van der Waals surface area contributed by atoms with Gasteiger partial charge in [-0.15, -0.1) is 11.3 Å². The Morgan fingerprint density at radius 3 is 2.59 bits per heavy atom. The van der Waals surface area contributed by atoms with Crippen molar-refractivity contribution >= 4 is 33.3 Å². The number of halogens is 1. The van der Waals surface area contributed by atoms with Crippen LogP contribution in [0.1, 0.15) is 33.5 Å². The fourth-order valence-electron chi connectivity index (χ4n) is 3.59. The molecule has 0 aliphatic rings. The van der Waals surface area contributed by atoms with Crippen LogP contribution in [0.3, 0.4) is 0 Å². The molecule has 0 amide bonds. The molecule has 4 rings (SSSR count). The SMILES string of the molecule is CN(CCC(Oc1cccc(C(=O)c2nc3ccccc3s2)c1)c1ccc(F)cc1)CC(=O)O. The average molecular weight is 479 g/mol. The quantitative estimate of drug-likeness (QED) is 0.316. The van der Waals surface area contributed by atoms with Crippen LogP contribution in [0.2, 0.25) is 0 Å². The van der Waals surface area contributed by atoms with Crippen molar-refractivity contribution in [2.75, 3.05) is 20.1 Å². The number of hydrogen-bond acceptors (Lipinski definition) is 6. The van der Waals surface area contributed by atoms with E-state index in [1.807, 2.05) is 24.3 Å². The van der Waals surface area contributed by atoms with E-state index in [1.54, 1.807) is 48.3 Å². The number of ether oxygens (including phenoxy) is 1. The summed E-state index contributed by atoms with van der Waals surface area (Å²) in [6.45, 7) is 0.362. The van der Waals surface area contributed by atoms with Gasteiger partial charge in [0.25, 0.3) is 0 Å². The largest absolute Gasteiger partial charge is 0.486 e. The fourth-order valence-corrected chi connectivity index (χ4v) is 4.51. The third kappa shape index (κ3) is 5.84. The van der Waals surface area contributed by atoms with Gasteiger partial charge in [0, 0.05) is 18.5 Å². The summed E-state index contributed by atoms with van der Waals surface area (Å²) in [5.41, 5.74) is 2.00. The number of para-hydroxylation sites is 1. The van der Waals surface area contributed by atoms with E-state index in [-0.39, 0.29) is 18.1 Å². The van der Waals surface area contributed by atoms with E-state index < -0.39 is 12.1 Å². The number of likely N-dealkylation sites (N-methyl/N-ethyl adjacent to an activating group) is 1. The van der Waals surface area contributed by atoms with Gasteiger partial charge in [0.2, 0.25) is 5.78 Å². The van der Waals surface area contributed by atoms with E-state index in [1.165, 1.54) is 23.5 Å². The Hall–Kier alpha value is -3.62. The average Bonchev–Trinajstić information content (AvgIpc) is 3.26. The number of rotatable bonds is 10. The molecular weight excluding hydrogens is 455 g/mol. The number of carboxylic acids is 1. The summed E-state index contributed by atoms with van der Waals surface area (Å²) < 4.78 is 20.6. The Morgan fingerprint density at radius 1 is 1.09 bits per heavy atom. The zero-order chi connectivity index (χ0) is 24.1. The summed E-state index contributed by atoms with van der Waals surface area (Å²) >= 11 is 1.34. The van der Waals surface area contributed by atoms with Gasteiger partial charge in [0.05, 0.1) is 16.8 Å². The number of carbonyl (C=O) groups excluding carboxylic acids is 1.